The van der Waals surface area contributed by atoms with E-state index in [-0.39, 0.29) is 30.5 Å². The van der Waals surface area contributed by atoms with Crippen LogP contribution in [-0.2, 0) is 14.4 Å². The minimum absolute atomic E-state index is 0.129. The molecule has 1 saturated heterocycles. The van der Waals surface area contributed by atoms with Gasteiger partial charge in [0, 0.05) is 28.4 Å². The number of hydrogen-bond acceptors (Lipinski definition) is 4. The number of hydrogen-bond donors (Lipinski definition) is 5. The lowest BCUT2D eigenvalue weighted by Gasteiger charge is -2.25. The van der Waals surface area contributed by atoms with E-state index < -0.39 is 23.8 Å². The topological polar surface area (TPSA) is 146 Å². The highest BCUT2D eigenvalue weighted by molar-refractivity contribution is 6.31. The maximum atomic E-state index is 12.3. The van der Waals surface area contributed by atoms with Gasteiger partial charge in [0.15, 0.2) is 0 Å². The largest absolute Gasteiger partial charge is 0.368 e. The Morgan fingerprint density at radius 3 is 2.79 bits per heavy atom. The summed E-state index contributed by atoms with van der Waals surface area (Å²) in [6, 6.07) is 5.81. The molecule has 0 saturated carbocycles. The van der Waals surface area contributed by atoms with Crippen LogP contribution in [0.15, 0.2) is 24.3 Å². The number of aromatic amines is 1. The van der Waals surface area contributed by atoms with Gasteiger partial charge in [-0.1, -0.05) is 11.6 Å². The first-order valence-corrected chi connectivity index (χ1v) is 9.64. The Morgan fingerprint density at radius 1 is 1.28 bits per heavy atom. The lowest BCUT2D eigenvalue weighted by Crippen LogP contribution is -2.50. The van der Waals surface area contributed by atoms with Crippen LogP contribution in [0.5, 0.6) is 0 Å². The number of H-pyrrole nitrogens is 1. The zero-order chi connectivity index (χ0) is 21.0. The van der Waals surface area contributed by atoms with Crippen LogP contribution in [0, 0.1) is 5.92 Å². The minimum atomic E-state index is -0.983. The Morgan fingerprint density at radius 2 is 2.07 bits per heavy atom. The fraction of sp³-hybridized carbons (Fsp3) is 0.368. The number of rotatable bonds is 7. The fourth-order valence-corrected chi connectivity index (χ4v) is 3.50. The molecule has 0 radical (unpaired) electrons. The van der Waals surface area contributed by atoms with Crippen LogP contribution in [0.3, 0.4) is 0 Å². The summed E-state index contributed by atoms with van der Waals surface area (Å²) in [5.41, 5.74) is 6.38. The van der Waals surface area contributed by atoms with Crippen LogP contribution in [0.4, 0.5) is 0 Å². The van der Waals surface area contributed by atoms with E-state index in [2.05, 4.69) is 20.9 Å². The molecule has 1 aromatic heterocycles. The third kappa shape index (κ3) is 5.26. The summed E-state index contributed by atoms with van der Waals surface area (Å²) in [6.45, 7) is 0.268. The normalized spacial score (nSPS) is 17.4. The standard InChI is InChI=1S/C19H22ClN5O4/c20-12-3-4-13-11(6-12)8-15(24-13)19(29)23-9-16(26)25-14(17(21)27)7-10-2-1-5-22-18(10)28/h3-4,6,8,10,14,24H,1-2,5,7,9H2,(H2,21,27)(H,22,28)(H,23,29)(H,25,26). The van der Waals surface area contributed by atoms with E-state index in [0.717, 1.165) is 17.3 Å². The first-order valence-electron chi connectivity index (χ1n) is 9.26. The SMILES string of the molecule is NC(=O)C(CC1CCCNC1=O)NC(=O)CNC(=O)c1cc2cc(Cl)ccc2[nH]1. The summed E-state index contributed by atoms with van der Waals surface area (Å²) in [6.07, 6.45) is 1.57. The maximum absolute atomic E-state index is 12.3. The average molecular weight is 420 g/mol. The molecule has 1 aromatic carbocycles. The van der Waals surface area contributed by atoms with Crippen molar-refractivity contribution in [2.45, 2.75) is 25.3 Å². The molecule has 0 bridgehead atoms. The zero-order valence-corrected chi connectivity index (χ0v) is 16.3. The third-order valence-electron chi connectivity index (χ3n) is 4.84. The number of aromatic nitrogens is 1. The summed E-state index contributed by atoms with van der Waals surface area (Å²) < 4.78 is 0. The Hall–Kier alpha value is -3.07. The molecule has 29 heavy (non-hydrogen) atoms. The van der Waals surface area contributed by atoms with Gasteiger partial charge in [0.1, 0.15) is 11.7 Å². The summed E-state index contributed by atoms with van der Waals surface area (Å²) in [5.74, 6) is -2.30. The van der Waals surface area contributed by atoms with Gasteiger partial charge in [-0.05, 0) is 43.5 Å². The Bertz CT molecular complexity index is 957. The minimum Gasteiger partial charge on any atom is -0.368 e. The number of primary amides is 1. The van der Waals surface area contributed by atoms with Crippen molar-refractivity contribution in [3.05, 3.63) is 35.0 Å². The predicted molar refractivity (Wildman–Crippen MR) is 107 cm³/mol. The van der Waals surface area contributed by atoms with Crippen LogP contribution < -0.4 is 21.7 Å². The molecule has 2 unspecified atom stereocenters. The van der Waals surface area contributed by atoms with Crippen LogP contribution in [0.1, 0.15) is 29.8 Å². The molecule has 0 aliphatic carbocycles. The second-order valence-electron chi connectivity index (χ2n) is 6.99. The van der Waals surface area contributed by atoms with Crippen molar-refractivity contribution in [3.63, 3.8) is 0 Å². The van der Waals surface area contributed by atoms with E-state index in [9.17, 15) is 19.2 Å². The molecule has 2 atom stereocenters. The molecule has 1 fully saturated rings. The van der Waals surface area contributed by atoms with Gasteiger partial charge in [-0.2, -0.15) is 0 Å². The van der Waals surface area contributed by atoms with Crippen molar-refractivity contribution in [2.24, 2.45) is 11.7 Å². The summed E-state index contributed by atoms with van der Waals surface area (Å²) in [7, 11) is 0. The second-order valence-corrected chi connectivity index (χ2v) is 7.42. The van der Waals surface area contributed by atoms with Gasteiger partial charge in [0.25, 0.3) is 5.91 Å². The lowest BCUT2D eigenvalue weighted by atomic mass is 9.91. The number of carbonyl (C=O) groups excluding carboxylic acids is 4. The summed E-state index contributed by atoms with van der Waals surface area (Å²) in [5, 5.41) is 9.02. The highest BCUT2D eigenvalue weighted by Gasteiger charge is 2.29. The molecule has 0 spiro atoms. The van der Waals surface area contributed by atoms with Crippen molar-refractivity contribution in [3.8, 4) is 0 Å². The quantitative estimate of drug-likeness (QED) is 0.443. The molecule has 6 N–H and O–H groups in total. The molecular formula is C19H22ClN5O4. The maximum Gasteiger partial charge on any atom is 0.268 e. The Balaban J connectivity index is 1.54. The predicted octanol–water partition coefficient (Wildman–Crippen LogP) is 0.437. The zero-order valence-electron chi connectivity index (χ0n) is 15.6. The van der Waals surface area contributed by atoms with E-state index >= 15 is 0 Å². The smallest absolute Gasteiger partial charge is 0.268 e. The molecule has 154 valence electrons. The number of amides is 4. The van der Waals surface area contributed by atoms with Gasteiger partial charge in [-0.25, -0.2) is 0 Å². The van der Waals surface area contributed by atoms with E-state index in [0.29, 0.717) is 18.0 Å². The number of nitrogens with two attached hydrogens (primary N) is 1. The number of piperidine rings is 1. The van der Waals surface area contributed by atoms with Crippen molar-refractivity contribution < 1.29 is 19.2 Å². The van der Waals surface area contributed by atoms with E-state index in [1.807, 2.05) is 0 Å². The molecular weight excluding hydrogens is 398 g/mol. The second kappa shape index (κ2) is 8.95. The fourth-order valence-electron chi connectivity index (χ4n) is 3.32. The van der Waals surface area contributed by atoms with Crippen molar-refractivity contribution in [2.75, 3.05) is 13.1 Å². The van der Waals surface area contributed by atoms with Crippen LogP contribution in [0.2, 0.25) is 5.02 Å². The van der Waals surface area contributed by atoms with Gasteiger partial charge >= 0.3 is 0 Å². The number of benzene rings is 1. The molecule has 9 nitrogen and oxygen atoms in total. The van der Waals surface area contributed by atoms with Crippen molar-refractivity contribution >= 4 is 46.1 Å². The van der Waals surface area contributed by atoms with Gasteiger partial charge in [0.2, 0.25) is 17.7 Å². The Labute approximate surface area is 171 Å². The van der Waals surface area contributed by atoms with E-state index in [1.165, 1.54) is 0 Å². The van der Waals surface area contributed by atoms with Crippen LogP contribution in [-0.4, -0.2) is 47.7 Å². The monoisotopic (exact) mass is 419 g/mol. The highest BCUT2D eigenvalue weighted by atomic mass is 35.5. The van der Waals surface area contributed by atoms with Gasteiger partial charge < -0.3 is 26.7 Å². The van der Waals surface area contributed by atoms with Crippen LogP contribution in [0.25, 0.3) is 10.9 Å². The number of carbonyl (C=O) groups is 4. The van der Waals surface area contributed by atoms with E-state index in [4.69, 9.17) is 17.3 Å². The lowest BCUT2D eigenvalue weighted by molar-refractivity contribution is -0.130. The number of nitrogens with one attached hydrogen (secondary N) is 4. The number of fused-ring (bicyclic) bond motifs is 1. The van der Waals surface area contributed by atoms with E-state index in [1.54, 1.807) is 24.3 Å². The molecule has 1 aliphatic heterocycles. The Kier molecular flexibility index (Phi) is 6.38. The molecule has 4 amide bonds. The van der Waals surface area contributed by atoms with Gasteiger partial charge in [0.05, 0.1) is 6.54 Å². The molecule has 1 aliphatic rings. The average Bonchev–Trinajstić information content (AvgIpc) is 3.10. The molecule has 3 rings (SSSR count). The van der Waals surface area contributed by atoms with Gasteiger partial charge in [-0.15, -0.1) is 0 Å². The van der Waals surface area contributed by atoms with Crippen LogP contribution >= 0.6 is 11.6 Å². The first-order chi connectivity index (χ1) is 13.8. The summed E-state index contributed by atoms with van der Waals surface area (Å²) >= 11 is 5.93. The molecule has 10 heteroatoms. The summed E-state index contributed by atoms with van der Waals surface area (Å²) in [4.78, 5) is 50.9. The van der Waals surface area contributed by atoms with Crippen molar-refractivity contribution in [1.29, 1.82) is 0 Å². The number of halogens is 1. The van der Waals surface area contributed by atoms with Crippen molar-refractivity contribution in [1.82, 2.24) is 20.9 Å². The highest BCUT2D eigenvalue weighted by Crippen LogP contribution is 2.20. The molecule has 2 aromatic rings. The molecule has 2 heterocycles. The van der Waals surface area contributed by atoms with Gasteiger partial charge in [-0.3, -0.25) is 19.2 Å². The first kappa shape index (κ1) is 20.7. The third-order valence-corrected chi connectivity index (χ3v) is 5.07.